The fourth-order valence-corrected chi connectivity index (χ4v) is 9.96. The summed E-state index contributed by atoms with van der Waals surface area (Å²) in [6.07, 6.45) is 2.36. The molecular weight excluding hydrogens is 688 g/mol. The quantitative estimate of drug-likeness (QED) is 0.256. The summed E-state index contributed by atoms with van der Waals surface area (Å²) in [5, 5.41) is 3.82. The number of anilines is 3. The third-order valence-electron chi connectivity index (χ3n) is 8.40. The zero-order valence-electron chi connectivity index (χ0n) is 26.4. The minimum atomic E-state index is -4.86. The average molecular weight is 722 g/mol. The minimum absolute atomic E-state index is 0.0563. The van der Waals surface area contributed by atoms with Gasteiger partial charge < -0.3 is 15.1 Å². The first-order valence-electron chi connectivity index (χ1n) is 15.2. The molecule has 2 aliphatic heterocycles. The Bertz CT molecular complexity index is 2040. The van der Waals surface area contributed by atoms with Gasteiger partial charge in [-0.05, 0) is 64.1 Å². The summed E-state index contributed by atoms with van der Waals surface area (Å²) >= 11 is 1.29. The van der Waals surface area contributed by atoms with Crippen LogP contribution >= 0.6 is 11.3 Å². The third kappa shape index (κ3) is 6.99. The molecule has 48 heavy (non-hydrogen) atoms. The highest BCUT2D eigenvalue weighted by molar-refractivity contribution is 7.92. The molecule has 2 fully saturated rings. The van der Waals surface area contributed by atoms with Gasteiger partial charge in [-0.25, -0.2) is 45.0 Å². The van der Waals surface area contributed by atoms with Crippen molar-refractivity contribution in [3.05, 3.63) is 66.1 Å². The second-order valence-corrected chi connectivity index (χ2v) is 17.4. The second kappa shape index (κ2) is 12.9. The van der Waals surface area contributed by atoms with E-state index in [9.17, 15) is 25.6 Å². The van der Waals surface area contributed by atoms with Gasteiger partial charge in [-0.2, -0.15) is 0 Å². The molecular formula is C31H34F3N7O4S3. The molecule has 0 spiro atoms. The van der Waals surface area contributed by atoms with E-state index in [1.807, 2.05) is 11.8 Å². The SMILES string of the molecule is CN1CCN(c2nc(-c3cccc(NS(=O)(=O)c4c(F)cccc4F)c3F)c(-c3ccnc(NC4CCS(=O)(=O)CC4)n3)s2)C(C)(C)C1. The number of piperazine rings is 1. The number of likely N-dealkylation sites (N-methyl/N-ethyl adjacent to an activating group) is 1. The highest BCUT2D eigenvalue weighted by Crippen LogP contribution is 2.44. The molecule has 2 aromatic carbocycles. The van der Waals surface area contributed by atoms with Gasteiger partial charge in [0, 0.05) is 43.0 Å². The molecule has 2 saturated heterocycles. The normalized spacial score (nSPS) is 18.5. The van der Waals surface area contributed by atoms with Gasteiger partial charge >= 0.3 is 0 Å². The lowest BCUT2D eigenvalue weighted by molar-refractivity contribution is 0.218. The lowest BCUT2D eigenvalue weighted by Crippen LogP contribution is -2.58. The number of nitrogens with zero attached hydrogens (tertiary/aromatic N) is 5. The topological polar surface area (TPSA) is 137 Å². The predicted molar refractivity (Wildman–Crippen MR) is 180 cm³/mol. The van der Waals surface area contributed by atoms with E-state index in [1.165, 1.54) is 29.7 Å². The van der Waals surface area contributed by atoms with Crippen LogP contribution < -0.4 is 14.9 Å². The van der Waals surface area contributed by atoms with Crippen LogP contribution in [0.15, 0.2) is 53.6 Å². The molecule has 0 atom stereocenters. The number of sulfone groups is 1. The Balaban J connectivity index is 1.41. The molecule has 0 saturated carbocycles. The molecule has 11 nitrogen and oxygen atoms in total. The van der Waals surface area contributed by atoms with Crippen LogP contribution in [0.2, 0.25) is 0 Å². The van der Waals surface area contributed by atoms with E-state index in [4.69, 9.17) is 9.97 Å². The molecule has 2 aromatic heterocycles. The van der Waals surface area contributed by atoms with Gasteiger partial charge in [0.25, 0.3) is 10.0 Å². The first kappa shape index (κ1) is 34.1. The van der Waals surface area contributed by atoms with Gasteiger partial charge in [0.05, 0.1) is 33.5 Å². The molecule has 256 valence electrons. The number of benzene rings is 2. The maximum atomic E-state index is 16.3. The van der Waals surface area contributed by atoms with Crippen molar-refractivity contribution in [3.8, 4) is 21.8 Å². The fraction of sp³-hybridized carbons (Fsp3) is 0.387. The summed E-state index contributed by atoms with van der Waals surface area (Å²) in [6.45, 7) is 6.32. The Morgan fingerprint density at radius 2 is 1.67 bits per heavy atom. The molecule has 0 bridgehead atoms. The van der Waals surface area contributed by atoms with Crippen molar-refractivity contribution >= 4 is 48.0 Å². The largest absolute Gasteiger partial charge is 0.351 e. The lowest BCUT2D eigenvalue weighted by Gasteiger charge is -2.46. The first-order chi connectivity index (χ1) is 22.6. The fourth-order valence-electron chi connectivity index (χ4n) is 6.03. The van der Waals surface area contributed by atoms with Gasteiger partial charge in [-0.15, -0.1) is 0 Å². The van der Waals surface area contributed by atoms with Gasteiger partial charge in [0.2, 0.25) is 5.95 Å². The third-order valence-corrected chi connectivity index (χ3v) is 12.6. The summed E-state index contributed by atoms with van der Waals surface area (Å²) in [5.41, 5.74) is -0.305. The van der Waals surface area contributed by atoms with Crippen LogP contribution in [0, 0.1) is 17.5 Å². The Morgan fingerprint density at radius 3 is 2.35 bits per heavy atom. The van der Waals surface area contributed by atoms with Gasteiger partial charge in [-0.1, -0.05) is 23.5 Å². The van der Waals surface area contributed by atoms with Crippen LogP contribution in [0.3, 0.4) is 0 Å². The Morgan fingerprint density at radius 1 is 0.979 bits per heavy atom. The Labute approximate surface area is 281 Å². The summed E-state index contributed by atoms with van der Waals surface area (Å²) < 4.78 is 97.1. The maximum absolute atomic E-state index is 16.3. The summed E-state index contributed by atoms with van der Waals surface area (Å²) in [5.74, 6) is -3.23. The average Bonchev–Trinajstić information content (AvgIpc) is 3.43. The van der Waals surface area contributed by atoms with Crippen molar-refractivity contribution in [2.75, 3.05) is 53.1 Å². The standard InChI is InChI=1S/C31H34F3N7O4S3/c1-31(2)18-40(3)14-15-41(31)30-38-26(27(46-30)24-10-13-35-29(37-24)36-19-11-16-47(42,43)17-12-19)20-6-4-9-23(25(20)34)39-48(44,45)28-21(32)7-5-8-22(28)33/h4-10,13,19,39H,11-12,14-18H2,1-3H3,(H,35,36,37). The van der Waals surface area contributed by atoms with Crippen molar-refractivity contribution in [2.24, 2.45) is 0 Å². The molecule has 0 aliphatic carbocycles. The second-order valence-electron chi connectivity index (χ2n) is 12.5. The van der Waals surface area contributed by atoms with E-state index in [2.05, 4.69) is 33.9 Å². The van der Waals surface area contributed by atoms with E-state index >= 15 is 4.39 Å². The van der Waals surface area contributed by atoms with Crippen molar-refractivity contribution in [2.45, 2.75) is 43.2 Å². The van der Waals surface area contributed by atoms with E-state index in [-0.39, 0.29) is 40.3 Å². The predicted octanol–water partition coefficient (Wildman–Crippen LogP) is 5.00. The molecule has 0 amide bonds. The Hall–Kier alpha value is -3.80. The Kier molecular flexibility index (Phi) is 9.16. The van der Waals surface area contributed by atoms with E-state index in [1.54, 1.807) is 6.07 Å². The van der Waals surface area contributed by atoms with Crippen molar-refractivity contribution in [1.82, 2.24) is 19.9 Å². The van der Waals surface area contributed by atoms with E-state index in [0.717, 1.165) is 37.4 Å². The van der Waals surface area contributed by atoms with Crippen LogP contribution in [0.25, 0.3) is 21.8 Å². The van der Waals surface area contributed by atoms with Crippen LogP contribution in [-0.4, -0.2) is 86.5 Å². The number of hydrogen-bond acceptors (Lipinski definition) is 11. The molecule has 4 heterocycles. The molecule has 2 aliphatic rings. The van der Waals surface area contributed by atoms with Gasteiger partial charge in [0.15, 0.2) is 15.8 Å². The number of thiazole rings is 1. The van der Waals surface area contributed by atoms with Gasteiger partial charge in [-0.3, -0.25) is 4.72 Å². The number of nitrogens with one attached hydrogen (secondary N) is 2. The van der Waals surface area contributed by atoms with Crippen LogP contribution in [0.1, 0.15) is 26.7 Å². The van der Waals surface area contributed by atoms with E-state index in [0.29, 0.717) is 35.1 Å². The van der Waals surface area contributed by atoms with Crippen LogP contribution in [0.4, 0.5) is 29.9 Å². The van der Waals surface area contributed by atoms with Crippen LogP contribution in [-0.2, 0) is 19.9 Å². The zero-order valence-corrected chi connectivity index (χ0v) is 28.8. The minimum Gasteiger partial charge on any atom is -0.351 e. The number of hydrogen-bond donors (Lipinski definition) is 2. The van der Waals surface area contributed by atoms with Crippen molar-refractivity contribution in [3.63, 3.8) is 0 Å². The molecule has 6 rings (SSSR count). The smallest absolute Gasteiger partial charge is 0.267 e. The van der Waals surface area contributed by atoms with Crippen molar-refractivity contribution in [1.29, 1.82) is 0 Å². The first-order valence-corrected chi connectivity index (χ1v) is 19.3. The summed E-state index contributed by atoms with van der Waals surface area (Å²) in [4.78, 5) is 17.5. The molecule has 17 heteroatoms. The van der Waals surface area contributed by atoms with Crippen LogP contribution in [0.5, 0.6) is 0 Å². The molecule has 0 unspecified atom stereocenters. The molecule has 4 aromatic rings. The summed E-state index contributed by atoms with van der Waals surface area (Å²) in [7, 11) is -5.89. The number of rotatable bonds is 8. The number of aromatic nitrogens is 3. The number of sulfonamides is 1. The van der Waals surface area contributed by atoms with E-state index < -0.39 is 47.9 Å². The summed E-state index contributed by atoms with van der Waals surface area (Å²) in [6, 6.07) is 8.15. The van der Waals surface area contributed by atoms with Gasteiger partial charge in [0.1, 0.15) is 21.5 Å². The monoisotopic (exact) mass is 721 g/mol. The molecule has 2 N–H and O–H groups in total. The highest BCUT2D eigenvalue weighted by Gasteiger charge is 2.36. The zero-order chi connectivity index (χ0) is 34.4. The maximum Gasteiger partial charge on any atom is 0.267 e. The van der Waals surface area contributed by atoms with Crippen molar-refractivity contribution < 1.29 is 30.0 Å². The highest BCUT2D eigenvalue weighted by atomic mass is 32.2. The molecule has 0 radical (unpaired) electrons. The lowest BCUT2D eigenvalue weighted by atomic mass is 10.00. The number of halogens is 3.